The summed E-state index contributed by atoms with van der Waals surface area (Å²) in [6, 6.07) is 17.4. The standard InChI is InChI=1S/C18H19NO2/c1-2-18(21)16-11-7-6-10-15(16)17(20)19(18)13-12-14-8-4-3-5-9-14/h3-11,21H,2,12-13H2,1H3. The molecule has 2 aromatic rings. The molecule has 3 rings (SSSR count). The molecule has 0 bridgehead atoms. The Bertz CT molecular complexity index is 653. The van der Waals surface area contributed by atoms with E-state index in [9.17, 15) is 9.90 Å². The van der Waals surface area contributed by atoms with Gasteiger partial charge in [-0.15, -0.1) is 0 Å². The molecule has 108 valence electrons. The van der Waals surface area contributed by atoms with E-state index in [1.165, 1.54) is 5.56 Å². The maximum absolute atomic E-state index is 12.6. The number of carbonyl (C=O) groups is 1. The first-order valence-electron chi connectivity index (χ1n) is 7.34. The van der Waals surface area contributed by atoms with Crippen LogP contribution in [0.4, 0.5) is 0 Å². The lowest BCUT2D eigenvalue weighted by Gasteiger charge is -2.33. The molecule has 1 atom stereocenters. The summed E-state index contributed by atoms with van der Waals surface area (Å²) in [5, 5.41) is 11.0. The summed E-state index contributed by atoms with van der Waals surface area (Å²) < 4.78 is 0. The smallest absolute Gasteiger partial charge is 0.256 e. The molecule has 3 heteroatoms. The molecular formula is C18H19NO2. The maximum Gasteiger partial charge on any atom is 0.256 e. The number of amides is 1. The van der Waals surface area contributed by atoms with Gasteiger partial charge >= 0.3 is 0 Å². The van der Waals surface area contributed by atoms with Gasteiger partial charge in [-0.1, -0.05) is 55.5 Å². The van der Waals surface area contributed by atoms with Gasteiger partial charge in [0, 0.05) is 17.7 Å². The minimum absolute atomic E-state index is 0.0779. The topological polar surface area (TPSA) is 40.5 Å². The van der Waals surface area contributed by atoms with Gasteiger partial charge in [0.25, 0.3) is 5.91 Å². The van der Waals surface area contributed by atoms with Crippen molar-refractivity contribution in [3.05, 3.63) is 71.3 Å². The normalized spacial score (nSPS) is 20.7. The van der Waals surface area contributed by atoms with Crippen LogP contribution in [0.2, 0.25) is 0 Å². The van der Waals surface area contributed by atoms with Gasteiger partial charge < -0.3 is 10.0 Å². The van der Waals surface area contributed by atoms with E-state index < -0.39 is 5.72 Å². The molecule has 0 spiro atoms. The molecule has 1 unspecified atom stereocenters. The van der Waals surface area contributed by atoms with Gasteiger partial charge in [-0.3, -0.25) is 4.79 Å². The predicted molar refractivity (Wildman–Crippen MR) is 81.8 cm³/mol. The molecule has 0 aromatic heterocycles. The van der Waals surface area contributed by atoms with Crippen LogP contribution in [-0.2, 0) is 12.1 Å². The Kier molecular flexibility index (Phi) is 3.52. The van der Waals surface area contributed by atoms with Gasteiger partial charge in [-0.25, -0.2) is 0 Å². The third-order valence-electron chi connectivity index (χ3n) is 4.24. The second-order valence-electron chi connectivity index (χ2n) is 5.41. The summed E-state index contributed by atoms with van der Waals surface area (Å²) in [4.78, 5) is 14.2. The summed E-state index contributed by atoms with van der Waals surface area (Å²) in [6.45, 7) is 2.42. The lowest BCUT2D eigenvalue weighted by molar-refractivity contribution is -0.0863. The summed E-state index contributed by atoms with van der Waals surface area (Å²) in [7, 11) is 0. The third-order valence-corrected chi connectivity index (χ3v) is 4.24. The maximum atomic E-state index is 12.6. The van der Waals surface area contributed by atoms with Crippen molar-refractivity contribution in [1.29, 1.82) is 0 Å². The fraction of sp³-hybridized carbons (Fsp3) is 0.278. The SMILES string of the molecule is CCC1(O)c2ccccc2C(=O)N1CCc1ccccc1. The highest BCUT2D eigenvalue weighted by Crippen LogP contribution is 2.39. The van der Waals surface area contributed by atoms with Crippen LogP contribution in [0.1, 0.15) is 34.8 Å². The largest absolute Gasteiger partial charge is 0.367 e. The van der Waals surface area contributed by atoms with Gasteiger partial charge in [0.05, 0.1) is 0 Å². The molecule has 0 fully saturated rings. The predicted octanol–water partition coefficient (Wildman–Crippen LogP) is 2.94. The summed E-state index contributed by atoms with van der Waals surface area (Å²) in [5.41, 5.74) is 1.34. The Morgan fingerprint density at radius 1 is 1.05 bits per heavy atom. The molecule has 0 saturated carbocycles. The van der Waals surface area contributed by atoms with E-state index in [4.69, 9.17) is 0 Å². The Hall–Kier alpha value is -2.13. The first-order valence-corrected chi connectivity index (χ1v) is 7.34. The second kappa shape index (κ2) is 5.34. The highest BCUT2D eigenvalue weighted by molar-refractivity contribution is 5.99. The average molecular weight is 281 g/mol. The van der Waals surface area contributed by atoms with Gasteiger partial charge in [0.2, 0.25) is 0 Å². The van der Waals surface area contributed by atoms with E-state index in [1.54, 1.807) is 11.0 Å². The number of nitrogens with zero attached hydrogens (tertiary/aromatic N) is 1. The van der Waals surface area contributed by atoms with Gasteiger partial charge in [-0.05, 0) is 24.5 Å². The van der Waals surface area contributed by atoms with Crippen LogP contribution < -0.4 is 0 Å². The molecule has 0 aliphatic carbocycles. The summed E-state index contributed by atoms with van der Waals surface area (Å²) in [5.74, 6) is -0.0779. The molecule has 0 saturated heterocycles. The van der Waals surface area contributed by atoms with E-state index in [-0.39, 0.29) is 5.91 Å². The first-order chi connectivity index (χ1) is 10.2. The molecule has 1 heterocycles. The van der Waals surface area contributed by atoms with Crippen molar-refractivity contribution in [2.24, 2.45) is 0 Å². The van der Waals surface area contributed by atoms with Crippen molar-refractivity contribution in [1.82, 2.24) is 4.90 Å². The van der Waals surface area contributed by atoms with E-state index in [0.29, 0.717) is 18.5 Å². The zero-order valence-corrected chi connectivity index (χ0v) is 12.1. The number of hydrogen-bond acceptors (Lipinski definition) is 2. The average Bonchev–Trinajstić information content (AvgIpc) is 2.76. The number of benzene rings is 2. The minimum atomic E-state index is -1.18. The van der Waals surface area contributed by atoms with Crippen molar-refractivity contribution in [3.63, 3.8) is 0 Å². The van der Waals surface area contributed by atoms with Crippen molar-refractivity contribution in [2.75, 3.05) is 6.54 Å². The lowest BCUT2D eigenvalue weighted by atomic mass is 9.99. The van der Waals surface area contributed by atoms with Crippen LogP contribution >= 0.6 is 0 Å². The van der Waals surface area contributed by atoms with Crippen molar-refractivity contribution in [2.45, 2.75) is 25.5 Å². The Morgan fingerprint density at radius 3 is 2.43 bits per heavy atom. The van der Waals surface area contributed by atoms with Crippen LogP contribution in [0.15, 0.2) is 54.6 Å². The molecule has 0 radical (unpaired) electrons. The quantitative estimate of drug-likeness (QED) is 0.936. The molecule has 1 N–H and O–H groups in total. The highest BCUT2D eigenvalue weighted by Gasteiger charge is 2.46. The molecule has 1 aliphatic rings. The number of carbonyl (C=O) groups excluding carboxylic acids is 1. The fourth-order valence-corrected chi connectivity index (χ4v) is 3.03. The van der Waals surface area contributed by atoms with Crippen LogP contribution in [0, 0.1) is 0 Å². The van der Waals surface area contributed by atoms with E-state index >= 15 is 0 Å². The summed E-state index contributed by atoms with van der Waals surface area (Å²) in [6.07, 6.45) is 1.23. The van der Waals surface area contributed by atoms with Crippen LogP contribution in [0.25, 0.3) is 0 Å². The molecule has 2 aromatic carbocycles. The minimum Gasteiger partial charge on any atom is -0.367 e. The molecule has 1 amide bonds. The lowest BCUT2D eigenvalue weighted by Crippen LogP contribution is -2.44. The summed E-state index contributed by atoms with van der Waals surface area (Å²) >= 11 is 0. The van der Waals surface area contributed by atoms with Gasteiger partial charge in [0.1, 0.15) is 0 Å². The number of aliphatic hydroxyl groups is 1. The first kappa shape index (κ1) is 13.8. The van der Waals surface area contributed by atoms with Gasteiger partial charge in [0.15, 0.2) is 5.72 Å². The van der Waals surface area contributed by atoms with Gasteiger partial charge in [-0.2, -0.15) is 0 Å². The second-order valence-corrected chi connectivity index (χ2v) is 5.41. The monoisotopic (exact) mass is 281 g/mol. The molecule has 3 nitrogen and oxygen atoms in total. The highest BCUT2D eigenvalue weighted by atomic mass is 16.3. The number of rotatable bonds is 4. The van der Waals surface area contributed by atoms with Crippen LogP contribution in [0.3, 0.4) is 0 Å². The molecular weight excluding hydrogens is 262 g/mol. The van der Waals surface area contributed by atoms with E-state index in [2.05, 4.69) is 0 Å². The fourth-order valence-electron chi connectivity index (χ4n) is 3.03. The van der Waals surface area contributed by atoms with Crippen LogP contribution in [-0.4, -0.2) is 22.5 Å². The van der Waals surface area contributed by atoms with E-state index in [0.717, 1.165) is 12.0 Å². The molecule has 21 heavy (non-hydrogen) atoms. The van der Waals surface area contributed by atoms with Crippen LogP contribution in [0.5, 0.6) is 0 Å². The Balaban J connectivity index is 1.87. The number of hydrogen-bond donors (Lipinski definition) is 1. The third kappa shape index (κ3) is 2.24. The number of fused-ring (bicyclic) bond motifs is 1. The molecule has 1 aliphatic heterocycles. The zero-order valence-electron chi connectivity index (χ0n) is 12.1. The Morgan fingerprint density at radius 2 is 1.71 bits per heavy atom. The van der Waals surface area contributed by atoms with Crippen molar-refractivity contribution >= 4 is 5.91 Å². The Labute approximate surface area is 124 Å². The van der Waals surface area contributed by atoms with E-state index in [1.807, 2.05) is 55.5 Å². The van der Waals surface area contributed by atoms with Crippen molar-refractivity contribution in [3.8, 4) is 0 Å². The van der Waals surface area contributed by atoms with Crippen molar-refractivity contribution < 1.29 is 9.90 Å². The zero-order chi connectivity index (χ0) is 14.9.